The smallest absolute Gasteiger partial charge is 0.251 e. The Morgan fingerprint density at radius 1 is 1.17 bits per heavy atom. The van der Waals surface area contributed by atoms with E-state index in [-0.39, 0.29) is 23.0 Å². The zero-order valence-electron chi connectivity index (χ0n) is 10.8. The van der Waals surface area contributed by atoms with Crippen molar-refractivity contribution in [3.8, 4) is 11.5 Å². The van der Waals surface area contributed by atoms with Crippen LogP contribution in [0.2, 0.25) is 0 Å². The molecule has 0 aliphatic heterocycles. The number of phenols is 2. The Hall–Kier alpha value is -1.75. The molecule has 0 saturated heterocycles. The van der Waals surface area contributed by atoms with Crippen molar-refractivity contribution in [2.45, 2.75) is 13.8 Å². The molecule has 18 heavy (non-hydrogen) atoms. The van der Waals surface area contributed by atoms with Gasteiger partial charge in [0.2, 0.25) is 0 Å². The first kappa shape index (κ1) is 14.3. The van der Waals surface area contributed by atoms with Crippen molar-refractivity contribution in [1.29, 1.82) is 0 Å². The van der Waals surface area contributed by atoms with E-state index in [4.69, 9.17) is 0 Å². The van der Waals surface area contributed by atoms with Gasteiger partial charge in [-0.3, -0.25) is 4.79 Å². The number of amides is 1. The van der Waals surface area contributed by atoms with Gasteiger partial charge in [0, 0.05) is 24.7 Å². The molecule has 0 radical (unpaired) electrons. The Morgan fingerprint density at radius 2 is 1.72 bits per heavy atom. The lowest BCUT2D eigenvalue weighted by atomic mass is 10.2. The van der Waals surface area contributed by atoms with Crippen molar-refractivity contribution in [2.75, 3.05) is 26.2 Å². The minimum atomic E-state index is -0.298. The van der Waals surface area contributed by atoms with Gasteiger partial charge >= 0.3 is 0 Å². The first-order valence-electron chi connectivity index (χ1n) is 6.10. The molecule has 0 heterocycles. The van der Waals surface area contributed by atoms with Crippen LogP contribution in [-0.4, -0.2) is 47.2 Å². The minimum Gasteiger partial charge on any atom is -0.508 e. The van der Waals surface area contributed by atoms with Gasteiger partial charge in [0.05, 0.1) is 0 Å². The van der Waals surface area contributed by atoms with E-state index in [1.54, 1.807) is 0 Å². The molecule has 0 unspecified atom stereocenters. The molecule has 1 amide bonds. The first-order valence-corrected chi connectivity index (χ1v) is 6.10. The average molecular weight is 252 g/mol. The molecule has 0 bridgehead atoms. The van der Waals surface area contributed by atoms with Gasteiger partial charge in [-0.15, -0.1) is 0 Å². The molecule has 0 aliphatic rings. The molecule has 0 fully saturated rings. The van der Waals surface area contributed by atoms with Crippen LogP contribution in [0.1, 0.15) is 24.2 Å². The van der Waals surface area contributed by atoms with Crippen molar-refractivity contribution in [1.82, 2.24) is 10.2 Å². The van der Waals surface area contributed by atoms with Crippen molar-refractivity contribution in [3.63, 3.8) is 0 Å². The molecule has 100 valence electrons. The second-order valence-corrected chi connectivity index (χ2v) is 4.02. The van der Waals surface area contributed by atoms with Crippen LogP contribution in [-0.2, 0) is 0 Å². The van der Waals surface area contributed by atoms with E-state index >= 15 is 0 Å². The number of benzene rings is 1. The van der Waals surface area contributed by atoms with E-state index in [1.165, 1.54) is 18.2 Å². The third-order valence-corrected chi connectivity index (χ3v) is 2.77. The number of carbonyl (C=O) groups is 1. The van der Waals surface area contributed by atoms with Gasteiger partial charge in [-0.25, -0.2) is 0 Å². The molecular formula is C13H20N2O3. The van der Waals surface area contributed by atoms with E-state index in [0.717, 1.165) is 19.6 Å². The van der Waals surface area contributed by atoms with E-state index in [2.05, 4.69) is 24.1 Å². The number of hydrogen-bond acceptors (Lipinski definition) is 4. The number of hydrogen-bond donors (Lipinski definition) is 3. The Balaban J connectivity index is 2.50. The van der Waals surface area contributed by atoms with Crippen molar-refractivity contribution >= 4 is 5.91 Å². The summed E-state index contributed by atoms with van der Waals surface area (Å²) in [7, 11) is 0. The van der Waals surface area contributed by atoms with Crippen LogP contribution in [0.15, 0.2) is 18.2 Å². The highest BCUT2D eigenvalue weighted by molar-refractivity contribution is 5.95. The highest BCUT2D eigenvalue weighted by Gasteiger charge is 2.08. The van der Waals surface area contributed by atoms with Gasteiger partial charge in [0.1, 0.15) is 11.5 Å². The molecule has 3 N–H and O–H groups in total. The fraction of sp³-hybridized carbons (Fsp3) is 0.462. The minimum absolute atomic E-state index is 0.121. The Kier molecular flexibility index (Phi) is 5.45. The third kappa shape index (κ3) is 4.25. The molecule has 0 saturated carbocycles. The molecule has 0 spiro atoms. The summed E-state index contributed by atoms with van der Waals surface area (Å²) >= 11 is 0. The number of aromatic hydroxyl groups is 2. The maximum Gasteiger partial charge on any atom is 0.251 e. The van der Waals surface area contributed by atoms with Gasteiger partial charge in [-0.2, -0.15) is 0 Å². The van der Waals surface area contributed by atoms with E-state index in [1.807, 2.05) is 0 Å². The summed E-state index contributed by atoms with van der Waals surface area (Å²) in [5.74, 6) is -0.541. The molecule has 1 rings (SSSR count). The van der Waals surface area contributed by atoms with Crippen LogP contribution in [0.4, 0.5) is 0 Å². The highest BCUT2D eigenvalue weighted by Crippen LogP contribution is 2.20. The number of phenolic OH excluding ortho intramolecular Hbond substituents is 2. The summed E-state index contributed by atoms with van der Waals surface area (Å²) in [5, 5.41) is 21.3. The van der Waals surface area contributed by atoms with Crippen molar-refractivity contribution in [3.05, 3.63) is 23.8 Å². The summed E-state index contributed by atoms with van der Waals surface area (Å²) in [4.78, 5) is 14.0. The van der Waals surface area contributed by atoms with Crippen LogP contribution in [0.5, 0.6) is 11.5 Å². The standard InChI is InChI=1S/C13H20N2O3/c1-3-15(4-2)6-5-14-13(18)10-7-11(16)9-12(17)8-10/h7-9,16-17H,3-6H2,1-2H3,(H,14,18). The van der Waals surface area contributed by atoms with Gasteiger partial charge in [0.15, 0.2) is 0 Å². The number of nitrogens with zero attached hydrogens (tertiary/aromatic N) is 1. The van der Waals surface area contributed by atoms with Gasteiger partial charge in [0.25, 0.3) is 5.91 Å². The lowest BCUT2D eigenvalue weighted by Crippen LogP contribution is -2.34. The summed E-state index contributed by atoms with van der Waals surface area (Å²) < 4.78 is 0. The van der Waals surface area contributed by atoms with Gasteiger partial charge in [-0.1, -0.05) is 13.8 Å². The fourth-order valence-corrected chi connectivity index (χ4v) is 1.70. The van der Waals surface area contributed by atoms with E-state index < -0.39 is 0 Å². The molecule has 0 aromatic heterocycles. The van der Waals surface area contributed by atoms with Gasteiger partial charge in [-0.05, 0) is 25.2 Å². The van der Waals surface area contributed by atoms with Crippen LogP contribution in [0.3, 0.4) is 0 Å². The van der Waals surface area contributed by atoms with Crippen LogP contribution in [0, 0.1) is 0 Å². The quantitative estimate of drug-likeness (QED) is 0.710. The molecule has 1 aromatic carbocycles. The molecule has 0 aliphatic carbocycles. The maximum absolute atomic E-state index is 11.8. The Morgan fingerprint density at radius 3 is 2.22 bits per heavy atom. The van der Waals surface area contributed by atoms with Crippen molar-refractivity contribution < 1.29 is 15.0 Å². The number of nitrogens with one attached hydrogen (secondary N) is 1. The van der Waals surface area contributed by atoms with E-state index in [9.17, 15) is 15.0 Å². The summed E-state index contributed by atoms with van der Waals surface area (Å²) in [6.07, 6.45) is 0. The average Bonchev–Trinajstić information content (AvgIpc) is 2.33. The Bertz CT molecular complexity index is 383. The summed E-state index contributed by atoms with van der Waals surface area (Å²) in [5.41, 5.74) is 0.257. The molecule has 1 aromatic rings. The number of rotatable bonds is 6. The normalized spacial score (nSPS) is 10.6. The Labute approximate surface area is 107 Å². The zero-order chi connectivity index (χ0) is 13.5. The maximum atomic E-state index is 11.8. The molecule has 5 heteroatoms. The molecule has 5 nitrogen and oxygen atoms in total. The second kappa shape index (κ2) is 6.86. The lowest BCUT2D eigenvalue weighted by Gasteiger charge is -2.17. The third-order valence-electron chi connectivity index (χ3n) is 2.77. The molecular weight excluding hydrogens is 232 g/mol. The van der Waals surface area contributed by atoms with Crippen LogP contribution < -0.4 is 5.32 Å². The first-order chi connectivity index (χ1) is 8.56. The monoisotopic (exact) mass is 252 g/mol. The zero-order valence-corrected chi connectivity index (χ0v) is 10.8. The highest BCUT2D eigenvalue weighted by atomic mass is 16.3. The predicted molar refractivity (Wildman–Crippen MR) is 69.9 cm³/mol. The summed E-state index contributed by atoms with van der Waals surface area (Å²) in [6, 6.07) is 3.84. The lowest BCUT2D eigenvalue weighted by molar-refractivity contribution is 0.0948. The largest absolute Gasteiger partial charge is 0.508 e. The molecule has 0 atom stereocenters. The van der Waals surface area contributed by atoms with Crippen molar-refractivity contribution in [2.24, 2.45) is 0 Å². The number of likely N-dealkylation sites (N-methyl/N-ethyl adjacent to an activating group) is 1. The SMILES string of the molecule is CCN(CC)CCNC(=O)c1cc(O)cc(O)c1. The topological polar surface area (TPSA) is 72.8 Å². The second-order valence-electron chi connectivity index (χ2n) is 4.02. The van der Waals surface area contributed by atoms with Crippen LogP contribution >= 0.6 is 0 Å². The van der Waals surface area contributed by atoms with Crippen LogP contribution in [0.25, 0.3) is 0 Å². The fourth-order valence-electron chi connectivity index (χ4n) is 1.70. The van der Waals surface area contributed by atoms with E-state index in [0.29, 0.717) is 6.54 Å². The van der Waals surface area contributed by atoms with Gasteiger partial charge < -0.3 is 20.4 Å². The number of carbonyl (C=O) groups excluding carboxylic acids is 1. The predicted octanol–water partition coefficient (Wildman–Crippen LogP) is 1.17. The summed E-state index contributed by atoms with van der Waals surface area (Å²) in [6.45, 7) is 7.34.